The lowest BCUT2D eigenvalue weighted by molar-refractivity contribution is 0.867. The molecule has 0 aliphatic carbocycles. The monoisotopic (exact) mass is 185 g/mol. The first-order chi connectivity index (χ1) is 6.59. The van der Waals surface area contributed by atoms with Crippen molar-refractivity contribution in [3.63, 3.8) is 0 Å². The van der Waals surface area contributed by atoms with Crippen molar-refractivity contribution in [1.29, 1.82) is 0 Å². The van der Waals surface area contributed by atoms with E-state index < -0.39 is 0 Å². The lowest BCUT2D eigenvalue weighted by Crippen LogP contribution is -2.19. The van der Waals surface area contributed by atoms with E-state index in [4.69, 9.17) is 0 Å². The lowest BCUT2D eigenvalue weighted by Gasteiger charge is -1.88. The number of H-pyrrole nitrogens is 1. The van der Waals surface area contributed by atoms with Crippen molar-refractivity contribution < 1.29 is 0 Å². The van der Waals surface area contributed by atoms with Crippen molar-refractivity contribution in [3.8, 4) is 11.8 Å². The third-order valence-electron chi connectivity index (χ3n) is 1.72. The van der Waals surface area contributed by atoms with E-state index in [1.54, 1.807) is 0 Å². The maximum Gasteiger partial charge on any atom is 0.0381 e. The second-order valence-electron chi connectivity index (χ2n) is 3.51. The molecule has 0 aliphatic heterocycles. The first-order valence-electron chi connectivity index (χ1n) is 4.64. The molecule has 0 unspecified atom stereocenters. The number of nitrogens with one attached hydrogen (secondary N) is 1. The fraction of sp³-hybridized carbons (Fsp3) is 0.231. The summed E-state index contributed by atoms with van der Waals surface area (Å²) in [4.78, 5) is 3.01. The molecule has 1 heterocycles. The average molecular weight is 185 g/mol. The highest BCUT2D eigenvalue weighted by Crippen LogP contribution is 1.91. The Balaban J connectivity index is 2.92. The predicted molar refractivity (Wildman–Crippen MR) is 61.8 cm³/mol. The van der Waals surface area contributed by atoms with E-state index in [1.165, 1.54) is 0 Å². The Morgan fingerprint density at radius 2 is 2.29 bits per heavy atom. The summed E-state index contributed by atoms with van der Waals surface area (Å²) in [5, 5.41) is 1.95. The average Bonchev–Trinajstić information content (AvgIpc) is 2.49. The van der Waals surface area contributed by atoms with Gasteiger partial charge in [-0.3, -0.25) is 0 Å². The van der Waals surface area contributed by atoms with E-state index >= 15 is 0 Å². The van der Waals surface area contributed by atoms with Crippen molar-refractivity contribution in [2.75, 3.05) is 0 Å². The second-order valence-corrected chi connectivity index (χ2v) is 3.51. The van der Waals surface area contributed by atoms with Crippen LogP contribution in [0.1, 0.15) is 13.8 Å². The Morgan fingerprint density at radius 3 is 2.79 bits per heavy atom. The van der Waals surface area contributed by atoms with Crippen LogP contribution in [0.5, 0.6) is 0 Å². The van der Waals surface area contributed by atoms with Crippen LogP contribution in [0, 0.1) is 17.8 Å². The van der Waals surface area contributed by atoms with Gasteiger partial charge in [0.25, 0.3) is 0 Å². The fourth-order valence-electron chi connectivity index (χ4n) is 1.01. The van der Waals surface area contributed by atoms with Crippen LogP contribution in [-0.4, -0.2) is 4.98 Å². The van der Waals surface area contributed by atoms with Gasteiger partial charge in [0.1, 0.15) is 0 Å². The molecule has 0 amide bonds. The molecule has 0 spiro atoms. The maximum atomic E-state index is 3.87. The molecule has 1 rings (SSSR count). The van der Waals surface area contributed by atoms with Gasteiger partial charge in [0, 0.05) is 23.0 Å². The first-order valence-corrected chi connectivity index (χ1v) is 4.64. The largest absolute Gasteiger partial charge is 0.362 e. The van der Waals surface area contributed by atoms with E-state index in [-0.39, 0.29) is 0 Å². The summed E-state index contributed by atoms with van der Waals surface area (Å²) in [5.74, 6) is 6.45. The second kappa shape index (κ2) is 4.53. The highest BCUT2D eigenvalue weighted by Gasteiger charge is 1.86. The molecule has 1 aromatic rings. The zero-order chi connectivity index (χ0) is 10.6. The smallest absolute Gasteiger partial charge is 0.0381 e. The number of aromatic nitrogens is 1. The summed E-state index contributed by atoms with van der Waals surface area (Å²) in [6, 6.07) is 1.96. The molecule has 0 aromatic carbocycles. The van der Waals surface area contributed by atoms with E-state index in [1.807, 2.05) is 18.3 Å². The van der Waals surface area contributed by atoms with Gasteiger partial charge < -0.3 is 4.98 Å². The van der Waals surface area contributed by atoms with Crippen molar-refractivity contribution >= 4 is 12.7 Å². The standard InChI is InChI=1S/C13H15N/c1-10(2)5-6-11(3)9-13-7-8-14-12(13)4/h7-10,14H,3-4H2,1-2H3/b13-9-. The van der Waals surface area contributed by atoms with Crippen LogP contribution in [-0.2, 0) is 0 Å². The minimum absolute atomic E-state index is 0.380. The van der Waals surface area contributed by atoms with Crippen LogP contribution in [0.2, 0.25) is 0 Å². The molecule has 0 radical (unpaired) electrons. The molecule has 0 atom stereocenters. The summed E-state index contributed by atoms with van der Waals surface area (Å²) in [6.07, 6.45) is 3.80. The zero-order valence-corrected chi connectivity index (χ0v) is 8.72. The predicted octanol–water partition coefficient (Wildman–Crippen LogP) is 1.42. The molecule has 14 heavy (non-hydrogen) atoms. The molecule has 1 heteroatoms. The van der Waals surface area contributed by atoms with Crippen molar-refractivity contribution in [1.82, 2.24) is 4.98 Å². The van der Waals surface area contributed by atoms with Gasteiger partial charge in [0.2, 0.25) is 0 Å². The molecule has 0 fully saturated rings. The Labute approximate surface area is 84.9 Å². The van der Waals surface area contributed by atoms with E-state index in [0.717, 1.165) is 16.1 Å². The van der Waals surface area contributed by atoms with Crippen LogP contribution in [0.15, 0.2) is 24.4 Å². The van der Waals surface area contributed by atoms with Gasteiger partial charge in [0.05, 0.1) is 0 Å². The van der Waals surface area contributed by atoms with E-state index in [0.29, 0.717) is 5.92 Å². The van der Waals surface area contributed by atoms with Gasteiger partial charge in [-0.15, -0.1) is 0 Å². The minimum Gasteiger partial charge on any atom is -0.362 e. The van der Waals surface area contributed by atoms with Crippen molar-refractivity contribution in [3.05, 3.63) is 35.0 Å². The van der Waals surface area contributed by atoms with E-state index in [2.05, 4.69) is 43.8 Å². The number of hydrogen-bond acceptors (Lipinski definition) is 0. The molecular weight excluding hydrogens is 170 g/mol. The normalized spacial score (nSPS) is 11.2. The van der Waals surface area contributed by atoms with Crippen LogP contribution >= 0.6 is 0 Å². The maximum absolute atomic E-state index is 3.87. The number of rotatable bonds is 1. The fourth-order valence-corrected chi connectivity index (χ4v) is 1.01. The Hall–Kier alpha value is -1.68. The molecular formula is C13H15N. The molecule has 1 aromatic heterocycles. The number of allylic oxidation sites excluding steroid dienone is 1. The summed E-state index contributed by atoms with van der Waals surface area (Å²) >= 11 is 0. The number of aromatic amines is 1. The molecule has 1 nitrogen and oxygen atoms in total. The molecule has 0 aliphatic rings. The zero-order valence-electron chi connectivity index (χ0n) is 8.72. The SMILES string of the molecule is C=C(C#CC(C)C)/C=c1/cc[nH]c1=C. The van der Waals surface area contributed by atoms with Crippen LogP contribution < -0.4 is 10.6 Å². The lowest BCUT2D eigenvalue weighted by atomic mass is 10.2. The van der Waals surface area contributed by atoms with Crippen LogP contribution in [0.4, 0.5) is 0 Å². The van der Waals surface area contributed by atoms with Crippen LogP contribution in [0.25, 0.3) is 12.7 Å². The summed E-state index contributed by atoms with van der Waals surface area (Å²) in [7, 11) is 0. The number of hydrogen-bond donors (Lipinski definition) is 1. The van der Waals surface area contributed by atoms with Gasteiger partial charge in [-0.2, -0.15) is 0 Å². The van der Waals surface area contributed by atoms with E-state index in [9.17, 15) is 0 Å². The van der Waals surface area contributed by atoms with Gasteiger partial charge in [-0.25, -0.2) is 0 Å². The highest BCUT2D eigenvalue weighted by atomic mass is 14.6. The first kappa shape index (κ1) is 10.4. The molecule has 0 saturated carbocycles. The summed E-state index contributed by atoms with van der Waals surface area (Å²) in [6.45, 7) is 11.8. The van der Waals surface area contributed by atoms with Crippen molar-refractivity contribution in [2.24, 2.45) is 5.92 Å². The van der Waals surface area contributed by atoms with Gasteiger partial charge in [0.15, 0.2) is 0 Å². The minimum atomic E-state index is 0.380. The summed E-state index contributed by atoms with van der Waals surface area (Å²) in [5.41, 5.74) is 0.822. The van der Waals surface area contributed by atoms with Crippen molar-refractivity contribution in [2.45, 2.75) is 13.8 Å². The van der Waals surface area contributed by atoms with Crippen LogP contribution in [0.3, 0.4) is 0 Å². The van der Waals surface area contributed by atoms with Gasteiger partial charge >= 0.3 is 0 Å². The van der Waals surface area contributed by atoms with Gasteiger partial charge in [-0.05, 0) is 17.4 Å². The third-order valence-corrected chi connectivity index (χ3v) is 1.72. The summed E-state index contributed by atoms with van der Waals surface area (Å²) < 4.78 is 0. The highest BCUT2D eigenvalue weighted by molar-refractivity contribution is 5.55. The molecule has 72 valence electrons. The molecule has 0 saturated heterocycles. The Bertz CT molecular complexity index is 477. The third kappa shape index (κ3) is 2.99. The quantitative estimate of drug-likeness (QED) is 0.637. The Morgan fingerprint density at radius 1 is 1.57 bits per heavy atom. The molecule has 0 bridgehead atoms. The Kier molecular flexibility index (Phi) is 3.36. The topological polar surface area (TPSA) is 15.8 Å². The molecule has 1 N–H and O–H groups in total. The van der Waals surface area contributed by atoms with Gasteiger partial charge in [-0.1, -0.05) is 38.8 Å².